The van der Waals surface area contributed by atoms with E-state index < -0.39 is 27.8 Å². The van der Waals surface area contributed by atoms with Gasteiger partial charge in [0.1, 0.15) is 5.69 Å². The zero-order chi connectivity index (χ0) is 14.2. The van der Waals surface area contributed by atoms with Crippen LogP contribution in [-0.2, 0) is 15.0 Å². The highest BCUT2D eigenvalue weighted by Crippen LogP contribution is 2.24. The Balaban J connectivity index is 2.26. The number of H-pyrrole nitrogens is 1. The van der Waals surface area contributed by atoms with Crippen molar-refractivity contribution >= 4 is 37.7 Å². The molecule has 1 atom stereocenters. The first-order chi connectivity index (χ1) is 8.78. The molecule has 0 spiro atoms. The second-order valence-corrected chi connectivity index (χ2v) is 6.56. The summed E-state index contributed by atoms with van der Waals surface area (Å²) >= 11 is 3.04. The maximum atomic E-state index is 12.6. The van der Waals surface area contributed by atoms with Gasteiger partial charge in [0, 0.05) is 31.3 Å². The van der Waals surface area contributed by atoms with Gasteiger partial charge in [-0.3, -0.25) is 9.59 Å². The minimum atomic E-state index is -4.63. The fourth-order valence-electron chi connectivity index (χ4n) is 2.06. The summed E-state index contributed by atoms with van der Waals surface area (Å²) in [4.78, 5) is 27.5. The number of carbonyl (C=O) groups is 1. The number of nitrogens with one attached hydrogen (secondary N) is 1. The first kappa shape index (κ1) is 14.2. The van der Waals surface area contributed by atoms with Crippen molar-refractivity contribution in [3.63, 3.8) is 0 Å². The molecule has 1 aliphatic rings. The summed E-state index contributed by atoms with van der Waals surface area (Å²) in [5, 5.41) is 0. The molecule has 1 saturated heterocycles. The number of hydrogen-bond acceptors (Lipinski definition) is 4. The Morgan fingerprint density at radius 1 is 1.42 bits per heavy atom. The van der Waals surface area contributed by atoms with E-state index in [0.29, 0.717) is 0 Å². The molecule has 9 heteroatoms. The number of aromatic amines is 1. The molecule has 104 valence electrons. The maximum Gasteiger partial charge on any atom is 0.302 e. The molecule has 0 radical (unpaired) electrons. The molecule has 1 aliphatic heterocycles. The number of pyridine rings is 1. The topological polar surface area (TPSA) is 87.3 Å². The number of anilines is 1. The quantitative estimate of drug-likeness (QED) is 0.814. The van der Waals surface area contributed by atoms with Gasteiger partial charge in [0.05, 0.1) is 10.2 Å². The van der Waals surface area contributed by atoms with E-state index in [-0.39, 0.29) is 28.6 Å². The van der Waals surface area contributed by atoms with Crippen LogP contribution in [0.3, 0.4) is 0 Å². The van der Waals surface area contributed by atoms with Crippen LogP contribution >= 0.6 is 15.9 Å². The maximum absolute atomic E-state index is 12.6. The molecule has 0 aromatic carbocycles. The zero-order valence-electron chi connectivity index (χ0n) is 9.60. The summed E-state index contributed by atoms with van der Waals surface area (Å²) in [6, 6.07) is 0. The molecule has 6 nitrogen and oxygen atoms in total. The van der Waals surface area contributed by atoms with Crippen molar-refractivity contribution in [1.29, 1.82) is 0 Å². The molecule has 19 heavy (non-hydrogen) atoms. The number of halogens is 2. The molecule has 2 heterocycles. The number of rotatable bonds is 3. The molecular weight excluding hydrogens is 343 g/mol. The van der Waals surface area contributed by atoms with Crippen LogP contribution < -0.4 is 10.3 Å². The standard InChI is InChI=1S/C10H10BrFN2O4S/c11-7-2-13-3-8(10(7)16)14-4-6(1-9(14)15)5-19(12,17)18/h2-3,6H,1,4-5H2,(H,13,16). The number of amides is 1. The van der Waals surface area contributed by atoms with Gasteiger partial charge in [0.15, 0.2) is 0 Å². The fourth-order valence-corrected chi connectivity index (χ4v) is 3.18. The van der Waals surface area contributed by atoms with Crippen molar-refractivity contribution in [2.24, 2.45) is 5.92 Å². The van der Waals surface area contributed by atoms with E-state index in [4.69, 9.17) is 0 Å². The Kier molecular flexibility index (Phi) is 3.77. The predicted molar refractivity (Wildman–Crippen MR) is 70.1 cm³/mol. The Bertz CT molecular complexity index is 672. The monoisotopic (exact) mass is 352 g/mol. The summed E-state index contributed by atoms with van der Waals surface area (Å²) in [6.45, 7) is 0.0154. The molecule has 0 saturated carbocycles. The second kappa shape index (κ2) is 5.04. The highest BCUT2D eigenvalue weighted by molar-refractivity contribution is 9.10. The number of hydrogen-bond donors (Lipinski definition) is 1. The van der Waals surface area contributed by atoms with E-state index in [9.17, 15) is 21.9 Å². The third kappa shape index (κ3) is 3.21. The molecule has 1 aromatic rings. The normalized spacial score (nSPS) is 20.0. The van der Waals surface area contributed by atoms with Crippen LogP contribution in [0.4, 0.5) is 9.57 Å². The zero-order valence-corrected chi connectivity index (χ0v) is 12.0. The van der Waals surface area contributed by atoms with Crippen LogP contribution in [0.1, 0.15) is 6.42 Å². The van der Waals surface area contributed by atoms with E-state index >= 15 is 0 Å². The highest BCUT2D eigenvalue weighted by atomic mass is 79.9. The van der Waals surface area contributed by atoms with E-state index in [0.717, 1.165) is 0 Å². The minimum absolute atomic E-state index is 0.0154. The Hall–Kier alpha value is -1.22. The SMILES string of the molecule is O=C1CC(CS(=O)(=O)F)CN1c1c[nH]cc(Br)c1=O. The third-order valence-corrected chi connectivity index (χ3v) is 4.27. The summed E-state index contributed by atoms with van der Waals surface area (Å²) < 4.78 is 34.0. The molecule has 1 fully saturated rings. The largest absolute Gasteiger partial charge is 0.365 e. The van der Waals surface area contributed by atoms with Crippen molar-refractivity contribution in [2.45, 2.75) is 6.42 Å². The molecule has 1 unspecified atom stereocenters. The lowest BCUT2D eigenvalue weighted by molar-refractivity contribution is -0.117. The summed E-state index contributed by atoms with van der Waals surface area (Å²) in [5.74, 6) is -1.74. The summed E-state index contributed by atoms with van der Waals surface area (Å²) in [7, 11) is -4.63. The first-order valence-corrected chi connectivity index (χ1v) is 7.72. The molecule has 1 N–H and O–H groups in total. The second-order valence-electron chi connectivity index (χ2n) is 4.30. The predicted octanol–water partition coefficient (Wildman–Crippen LogP) is 0.790. The van der Waals surface area contributed by atoms with Gasteiger partial charge in [-0.25, -0.2) is 0 Å². The average Bonchev–Trinajstić information content (AvgIpc) is 2.61. The van der Waals surface area contributed by atoms with Crippen molar-refractivity contribution in [2.75, 3.05) is 17.2 Å². The smallest absolute Gasteiger partial charge is 0.302 e. The molecule has 1 aromatic heterocycles. The van der Waals surface area contributed by atoms with Gasteiger partial charge in [0.25, 0.3) is 0 Å². The lowest BCUT2D eigenvalue weighted by Crippen LogP contribution is -2.30. The van der Waals surface area contributed by atoms with Crippen LogP contribution in [0.15, 0.2) is 21.7 Å². The minimum Gasteiger partial charge on any atom is -0.365 e. The van der Waals surface area contributed by atoms with Gasteiger partial charge in [-0.1, -0.05) is 0 Å². The van der Waals surface area contributed by atoms with E-state index in [1.165, 1.54) is 17.3 Å². The van der Waals surface area contributed by atoms with Crippen LogP contribution in [0.2, 0.25) is 0 Å². The molecule has 0 bridgehead atoms. The van der Waals surface area contributed by atoms with Crippen molar-refractivity contribution in [3.8, 4) is 0 Å². The summed E-state index contributed by atoms with van der Waals surface area (Å²) in [5.41, 5.74) is -0.256. The van der Waals surface area contributed by atoms with Crippen molar-refractivity contribution in [1.82, 2.24) is 4.98 Å². The lowest BCUT2D eigenvalue weighted by atomic mass is 10.1. The van der Waals surface area contributed by atoms with Crippen LogP contribution in [0.25, 0.3) is 0 Å². The first-order valence-electron chi connectivity index (χ1n) is 5.37. The number of aromatic nitrogens is 1. The molecule has 0 aliphatic carbocycles. The fraction of sp³-hybridized carbons (Fsp3) is 0.400. The van der Waals surface area contributed by atoms with Crippen molar-refractivity contribution < 1.29 is 17.1 Å². The van der Waals surface area contributed by atoms with Gasteiger partial charge < -0.3 is 9.88 Å². The molecular formula is C10H10BrFN2O4S. The third-order valence-electron chi connectivity index (χ3n) is 2.81. The van der Waals surface area contributed by atoms with Crippen molar-refractivity contribution in [3.05, 3.63) is 27.1 Å². The summed E-state index contributed by atoms with van der Waals surface area (Å²) in [6.07, 6.45) is 2.70. The van der Waals surface area contributed by atoms with Crippen LogP contribution in [-0.4, -0.2) is 31.6 Å². The highest BCUT2D eigenvalue weighted by Gasteiger charge is 2.34. The molecule has 2 rings (SSSR count). The van der Waals surface area contributed by atoms with Gasteiger partial charge in [-0.05, 0) is 15.9 Å². The van der Waals surface area contributed by atoms with Crippen LogP contribution in [0, 0.1) is 5.92 Å². The van der Waals surface area contributed by atoms with Crippen LogP contribution in [0.5, 0.6) is 0 Å². The number of carbonyl (C=O) groups excluding carboxylic acids is 1. The van der Waals surface area contributed by atoms with E-state index in [1.807, 2.05) is 0 Å². The van der Waals surface area contributed by atoms with Gasteiger partial charge in [-0.2, -0.15) is 8.42 Å². The van der Waals surface area contributed by atoms with Gasteiger partial charge in [-0.15, -0.1) is 3.89 Å². The van der Waals surface area contributed by atoms with Gasteiger partial charge in [0.2, 0.25) is 11.3 Å². The molecule has 1 amide bonds. The average molecular weight is 353 g/mol. The Labute approximate surface area is 117 Å². The Morgan fingerprint density at radius 3 is 2.74 bits per heavy atom. The number of nitrogens with zero attached hydrogens (tertiary/aromatic N) is 1. The van der Waals surface area contributed by atoms with Gasteiger partial charge >= 0.3 is 10.2 Å². The van der Waals surface area contributed by atoms with E-state index in [1.54, 1.807) is 0 Å². The lowest BCUT2D eigenvalue weighted by Gasteiger charge is -2.15. The Morgan fingerprint density at radius 2 is 2.11 bits per heavy atom. The van der Waals surface area contributed by atoms with E-state index in [2.05, 4.69) is 20.9 Å².